The summed E-state index contributed by atoms with van der Waals surface area (Å²) in [6.45, 7) is 6.18. The Labute approximate surface area is 126 Å². The van der Waals surface area contributed by atoms with Crippen LogP contribution in [0.15, 0.2) is 12.1 Å². The highest BCUT2D eigenvalue weighted by Crippen LogP contribution is 2.29. The Morgan fingerprint density at radius 2 is 1.68 bits per heavy atom. The van der Waals surface area contributed by atoms with Crippen LogP contribution in [0.3, 0.4) is 0 Å². The lowest BCUT2D eigenvalue weighted by atomic mass is 10.2. The average Bonchev–Trinajstić information content (AvgIpc) is 2.34. The summed E-state index contributed by atoms with van der Waals surface area (Å²) in [4.78, 5) is 4.58. The molecule has 0 saturated carbocycles. The molecule has 3 nitrogen and oxygen atoms in total. The Hall–Kier alpha value is -0.480. The highest BCUT2D eigenvalue weighted by Gasteiger charge is 2.08. The topological polar surface area (TPSA) is 32.5 Å². The number of nitrogens with zero attached hydrogens (tertiary/aromatic N) is 2. The van der Waals surface area contributed by atoms with Gasteiger partial charge < -0.3 is 10.6 Å². The molecule has 1 aromatic rings. The predicted octanol–water partition coefficient (Wildman–Crippen LogP) is 3.35. The van der Waals surface area contributed by atoms with E-state index in [2.05, 4.69) is 30.8 Å². The Kier molecular flexibility index (Phi) is 6.94. The summed E-state index contributed by atoms with van der Waals surface area (Å²) in [6.07, 6.45) is 1.15. The van der Waals surface area contributed by atoms with Crippen molar-refractivity contribution in [1.29, 1.82) is 0 Å². The molecule has 0 amide bonds. The SMILES string of the molecule is CCN(CCCN(C)C)Cc1cc(Cl)c(N)c(Cl)c1. The van der Waals surface area contributed by atoms with Crippen molar-refractivity contribution >= 4 is 28.9 Å². The lowest BCUT2D eigenvalue weighted by molar-refractivity contribution is 0.259. The molecular formula is C14H23Cl2N3. The molecule has 0 fully saturated rings. The van der Waals surface area contributed by atoms with Crippen LogP contribution in [-0.2, 0) is 6.54 Å². The zero-order valence-corrected chi connectivity index (χ0v) is 13.4. The predicted molar refractivity (Wildman–Crippen MR) is 85.0 cm³/mol. The van der Waals surface area contributed by atoms with E-state index in [4.69, 9.17) is 28.9 Å². The van der Waals surface area contributed by atoms with Gasteiger partial charge in [-0.3, -0.25) is 4.90 Å². The van der Waals surface area contributed by atoms with E-state index in [1.165, 1.54) is 0 Å². The van der Waals surface area contributed by atoms with E-state index in [-0.39, 0.29) is 0 Å². The van der Waals surface area contributed by atoms with Gasteiger partial charge in [-0.2, -0.15) is 0 Å². The van der Waals surface area contributed by atoms with Crippen molar-refractivity contribution in [2.75, 3.05) is 39.5 Å². The van der Waals surface area contributed by atoms with Crippen LogP contribution in [-0.4, -0.2) is 43.5 Å². The summed E-state index contributed by atoms with van der Waals surface area (Å²) in [7, 11) is 4.19. The lowest BCUT2D eigenvalue weighted by Crippen LogP contribution is -2.26. The van der Waals surface area contributed by atoms with Gasteiger partial charge in [0.05, 0.1) is 15.7 Å². The number of benzene rings is 1. The maximum absolute atomic E-state index is 6.06. The fraction of sp³-hybridized carbons (Fsp3) is 0.571. The van der Waals surface area contributed by atoms with Crippen LogP contribution in [0.4, 0.5) is 5.69 Å². The van der Waals surface area contributed by atoms with Crippen molar-refractivity contribution in [1.82, 2.24) is 9.80 Å². The average molecular weight is 304 g/mol. The van der Waals surface area contributed by atoms with Crippen LogP contribution >= 0.6 is 23.2 Å². The zero-order chi connectivity index (χ0) is 14.4. The van der Waals surface area contributed by atoms with Gasteiger partial charge in [0.25, 0.3) is 0 Å². The van der Waals surface area contributed by atoms with Crippen molar-refractivity contribution < 1.29 is 0 Å². The molecule has 0 heterocycles. The fourth-order valence-corrected chi connectivity index (χ4v) is 2.48. The normalized spacial score (nSPS) is 11.5. The molecule has 2 N–H and O–H groups in total. The molecule has 0 unspecified atom stereocenters. The second kappa shape index (κ2) is 7.95. The van der Waals surface area contributed by atoms with Gasteiger partial charge in [0.1, 0.15) is 0 Å². The Bertz CT molecular complexity index is 385. The van der Waals surface area contributed by atoms with Crippen LogP contribution < -0.4 is 5.73 Å². The minimum atomic E-state index is 0.461. The lowest BCUT2D eigenvalue weighted by Gasteiger charge is -2.22. The molecule has 0 aliphatic carbocycles. The van der Waals surface area contributed by atoms with Crippen molar-refractivity contribution in [3.63, 3.8) is 0 Å². The number of hydrogen-bond acceptors (Lipinski definition) is 3. The fourth-order valence-electron chi connectivity index (χ4n) is 1.95. The van der Waals surface area contributed by atoms with Gasteiger partial charge in [0, 0.05) is 6.54 Å². The van der Waals surface area contributed by atoms with Gasteiger partial charge in [-0.15, -0.1) is 0 Å². The summed E-state index contributed by atoms with van der Waals surface area (Å²) < 4.78 is 0. The molecule has 0 bridgehead atoms. The second-order valence-corrected chi connectivity index (χ2v) is 5.81. The molecule has 0 spiro atoms. The smallest absolute Gasteiger partial charge is 0.0693 e. The highest BCUT2D eigenvalue weighted by molar-refractivity contribution is 6.38. The summed E-state index contributed by atoms with van der Waals surface area (Å²) in [6, 6.07) is 3.80. The van der Waals surface area contributed by atoms with Gasteiger partial charge in [0.15, 0.2) is 0 Å². The van der Waals surface area contributed by atoms with E-state index in [1.54, 1.807) is 0 Å². The molecular weight excluding hydrogens is 281 g/mol. The third-order valence-electron chi connectivity index (χ3n) is 3.07. The molecule has 0 atom stereocenters. The third kappa shape index (κ3) is 5.57. The number of halogens is 2. The summed E-state index contributed by atoms with van der Waals surface area (Å²) in [5.74, 6) is 0. The van der Waals surface area contributed by atoms with Crippen LogP contribution in [0.5, 0.6) is 0 Å². The second-order valence-electron chi connectivity index (χ2n) is 5.00. The third-order valence-corrected chi connectivity index (χ3v) is 3.70. The number of nitrogens with two attached hydrogens (primary N) is 1. The molecule has 0 saturated heterocycles. The standard InChI is InChI=1S/C14H23Cl2N3/c1-4-19(7-5-6-18(2)3)10-11-8-12(15)14(17)13(16)9-11/h8-9H,4-7,10,17H2,1-3H3. The van der Waals surface area contributed by atoms with Crippen LogP contribution in [0, 0.1) is 0 Å². The Morgan fingerprint density at radius 3 is 2.16 bits per heavy atom. The number of anilines is 1. The van der Waals surface area contributed by atoms with Gasteiger partial charge in [0.2, 0.25) is 0 Å². The number of rotatable bonds is 7. The summed E-state index contributed by atoms with van der Waals surface area (Å²) >= 11 is 12.1. The number of nitrogen functional groups attached to an aromatic ring is 1. The minimum Gasteiger partial charge on any atom is -0.396 e. The van der Waals surface area contributed by atoms with Gasteiger partial charge in [-0.1, -0.05) is 30.1 Å². The highest BCUT2D eigenvalue weighted by atomic mass is 35.5. The number of hydrogen-bond donors (Lipinski definition) is 1. The summed E-state index contributed by atoms with van der Waals surface area (Å²) in [5.41, 5.74) is 7.31. The van der Waals surface area contributed by atoms with Gasteiger partial charge >= 0.3 is 0 Å². The maximum Gasteiger partial charge on any atom is 0.0693 e. The van der Waals surface area contributed by atoms with Crippen molar-refractivity contribution in [3.8, 4) is 0 Å². The maximum atomic E-state index is 6.06. The molecule has 5 heteroatoms. The first-order chi connectivity index (χ1) is 8.93. The Balaban J connectivity index is 2.60. The van der Waals surface area contributed by atoms with E-state index in [0.29, 0.717) is 15.7 Å². The molecule has 1 rings (SSSR count). The molecule has 0 aliphatic rings. The van der Waals surface area contributed by atoms with E-state index >= 15 is 0 Å². The largest absolute Gasteiger partial charge is 0.396 e. The van der Waals surface area contributed by atoms with Crippen molar-refractivity contribution in [3.05, 3.63) is 27.7 Å². The van der Waals surface area contributed by atoms with E-state index in [9.17, 15) is 0 Å². The van der Waals surface area contributed by atoms with E-state index < -0.39 is 0 Å². The molecule has 0 aromatic heterocycles. The van der Waals surface area contributed by atoms with Crippen LogP contribution in [0.2, 0.25) is 10.0 Å². The molecule has 19 heavy (non-hydrogen) atoms. The Morgan fingerprint density at radius 1 is 1.11 bits per heavy atom. The zero-order valence-electron chi connectivity index (χ0n) is 11.9. The molecule has 0 radical (unpaired) electrons. The van der Waals surface area contributed by atoms with E-state index in [0.717, 1.165) is 38.2 Å². The quantitative estimate of drug-likeness (QED) is 0.784. The first-order valence-electron chi connectivity index (χ1n) is 6.54. The summed E-state index contributed by atoms with van der Waals surface area (Å²) in [5, 5.41) is 1.07. The van der Waals surface area contributed by atoms with Crippen molar-refractivity contribution in [2.24, 2.45) is 0 Å². The monoisotopic (exact) mass is 303 g/mol. The van der Waals surface area contributed by atoms with E-state index in [1.807, 2.05) is 12.1 Å². The molecule has 1 aromatic carbocycles. The molecule has 0 aliphatic heterocycles. The molecule has 108 valence electrons. The first-order valence-corrected chi connectivity index (χ1v) is 7.30. The van der Waals surface area contributed by atoms with Crippen LogP contribution in [0.25, 0.3) is 0 Å². The van der Waals surface area contributed by atoms with Gasteiger partial charge in [-0.25, -0.2) is 0 Å². The van der Waals surface area contributed by atoms with Crippen LogP contribution in [0.1, 0.15) is 18.9 Å². The first kappa shape index (κ1) is 16.6. The van der Waals surface area contributed by atoms with Gasteiger partial charge in [-0.05, 0) is 57.8 Å². The minimum absolute atomic E-state index is 0.461. The van der Waals surface area contributed by atoms with Crippen molar-refractivity contribution in [2.45, 2.75) is 19.9 Å².